The number of esters is 1. The number of carbonyl (C=O) groups excluding carboxylic acids is 1. The van der Waals surface area contributed by atoms with E-state index >= 15 is 0 Å². The first-order valence-corrected chi connectivity index (χ1v) is 9.27. The molecule has 4 aromatic heterocycles. The second kappa shape index (κ2) is 6.94. The van der Waals surface area contributed by atoms with Gasteiger partial charge in [-0.2, -0.15) is 16.4 Å². The van der Waals surface area contributed by atoms with Crippen LogP contribution in [0.5, 0.6) is 0 Å². The average Bonchev–Trinajstić information content (AvgIpc) is 3.34. The van der Waals surface area contributed by atoms with Crippen molar-refractivity contribution in [1.29, 1.82) is 0 Å². The Kier molecular flexibility index (Phi) is 4.47. The molecule has 0 aliphatic carbocycles. The summed E-state index contributed by atoms with van der Waals surface area (Å²) in [6.45, 7) is 1.99. The monoisotopic (exact) mass is 379 g/mol. The van der Waals surface area contributed by atoms with Crippen LogP contribution in [0.15, 0.2) is 53.4 Å². The van der Waals surface area contributed by atoms with E-state index in [2.05, 4.69) is 10.1 Å². The predicted octanol–water partition coefficient (Wildman–Crippen LogP) is 3.63. The molecule has 0 aliphatic heterocycles. The molecule has 27 heavy (non-hydrogen) atoms. The zero-order valence-corrected chi connectivity index (χ0v) is 15.6. The number of aromatic nitrogens is 3. The van der Waals surface area contributed by atoms with Gasteiger partial charge in [0.15, 0.2) is 0 Å². The molecule has 0 aromatic carbocycles. The van der Waals surface area contributed by atoms with Crippen LogP contribution in [0.3, 0.4) is 0 Å². The van der Waals surface area contributed by atoms with Crippen LogP contribution in [0.2, 0.25) is 0 Å². The van der Waals surface area contributed by atoms with Crippen LogP contribution in [0.25, 0.3) is 16.8 Å². The second-order valence-corrected chi connectivity index (χ2v) is 6.93. The maximum atomic E-state index is 11.8. The zero-order valence-electron chi connectivity index (χ0n) is 14.8. The van der Waals surface area contributed by atoms with E-state index in [-0.39, 0.29) is 5.69 Å². The third-order valence-electron chi connectivity index (χ3n) is 4.33. The lowest BCUT2D eigenvalue weighted by atomic mass is 10.0. The van der Waals surface area contributed by atoms with E-state index in [1.165, 1.54) is 7.11 Å². The van der Waals surface area contributed by atoms with Gasteiger partial charge in [0.25, 0.3) is 0 Å². The first-order chi connectivity index (χ1) is 13.1. The smallest absolute Gasteiger partial charge is 0.356 e. The van der Waals surface area contributed by atoms with E-state index in [0.29, 0.717) is 17.0 Å². The second-order valence-electron chi connectivity index (χ2n) is 6.15. The molecule has 1 atom stereocenters. The molecule has 0 aliphatic rings. The van der Waals surface area contributed by atoms with E-state index in [1.54, 1.807) is 34.1 Å². The van der Waals surface area contributed by atoms with Gasteiger partial charge in [-0.15, -0.1) is 0 Å². The standard InChI is InChI=1S/C20H17N3O3S/c1-12-6-7-16-17(18(22-23(16)10-12)13-8-9-27-11-13)19(24)14-4-3-5-15(21-14)20(25)26-2/h3-11,19,24H,1-2H3. The molecule has 0 bridgehead atoms. The number of ether oxygens (including phenoxy) is 1. The number of rotatable bonds is 4. The van der Waals surface area contributed by atoms with Crippen LogP contribution < -0.4 is 0 Å². The largest absolute Gasteiger partial charge is 0.464 e. The maximum Gasteiger partial charge on any atom is 0.356 e. The number of aliphatic hydroxyl groups is 1. The Morgan fingerprint density at radius 3 is 2.85 bits per heavy atom. The molecule has 0 radical (unpaired) electrons. The molecule has 0 spiro atoms. The van der Waals surface area contributed by atoms with Crippen LogP contribution in [0, 0.1) is 6.92 Å². The molecule has 0 saturated heterocycles. The highest BCUT2D eigenvalue weighted by Crippen LogP contribution is 2.35. The molecular formula is C20H17N3O3S. The van der Waals surface area contributed by atoms with Crippen molar-refractivity contribution in [3.05, 3.63) is 75.9 Å². The molecule has 7 heteroatoms. The molecular weight excluding hydrogens is 362 g/mol. The molecule has 6 nitrogen and oxygen atoms in total. The van der Waals surface area contributed by atoms with Gasteiger partial charge in [0.2, 0.25) is 0 Å². The number of fused-ring (bicyclic) bond motifs is 1. The summed E-state index contributed by atoms with van der Waals surface area (Å²) in [4.78, 5) is 16.1. The van der Waals surface area contributed by atoms with Gasteiger partial charge in [-0.05, 0) is 42.1 Å². The lowest BCUT2D eigenvalue weighted by Gasteiger charge is -2.12. The number of carbonyl (C=O) groups is 1. The number of aliphatic hydroxyl groups excluding tert-OH is 1. The fraction of sp³-hybridized carbons (Fsp3) is 0.150. The number of methoxy groups -OCH3 is 1. The van der Waals surface area contributed by atoms with Gasteiger partial charge >= 0.3 is 5.97 Å². The third kappa shape index (κ3) is 3.11. The number of aryl methyl sites for hydroxylation is 1. The summed E-state index contributed by atoms with van der Waals surface area (Å²) in [6, 6.07) is 10.8. The number of thiophene rings is 1. The summed E-state index contributed by atoms with van der Waals surface area (Å²) < 4.78 is 6.50. The van der Waals surface area contributed by atoms with Gasteiger partial charge in [0.05, 0.1) is 18.3 Å². The number of hydrogen-bond acceptors (Lipinski definition) is 6. The fourth-order valence-electron chi connectivity index (χ4n) is 3.02. The number of pyridine rings is 2. The first kappa shape index (κ1) is 17.4. The Morgan fingerprint density at radius 1 is 1.26 bits per heavy atom. The predicted molar refractivity (Wildman–Crippen MR) is 103 cm³/mol. The van der Waals surface area contributed by atoms with Crippen molar-refractivity contribution in [2.24, 2.45) is 0 Å². The Bertz CT molecular complexity index is 1120. The SMILES string of the molecule is COC(=O)c1cccc(C(O)c2c(-c3ccsc3)nn3cc(C)ccc23)n1. The van der Waals surface area contributed by atoms with Crippen molar-refractivity contribution in [3.8, 4) is 11.3 Å². The summed E-state index contributed by atoms with van der Waals surface area (Å²) in [5.74, 6) is -0.544. The van der Waals surface area contributed by atoms with Gasteiger partial charge in [0.1, 0.15) is 17.5 Å². The van der Waals surface area contributed by atoms with Gasteiger partial charge in [-0.1, -0.05) is 12.1 Å². The van der Waals surface area contributed by atoms with Crippen molar-refractivity contribution >= 4 is 22.8 Å². The molecule has 136 valence electrons. The van der Waals surface area contributed by atoms with Crippen LogP contribution >= 0.6 is 11.3 Å². The summed E-state index contributed by atoms with van der Waals surface area (Å²) in [6.07, 6.45) is 0.879. The van der Waals surface area contributed by atoms with E-state index in [4.69, 9.17) is 4.74 Å². The first-order valence-electron chi connectivity index (χ1n) is 8.33. The number of nitrogens with zero attached hydrogens (tertiary/aromatic N) is 3. The third-order valence-corrected chi connectivity index (χ3v) is 5.01. The van der Waals surface area contributed by atoms with Gasteiger partial charge in [-0.3, -0.25) is 0 Å². The highest BCUT2D eigenvalue weighted by molar-refractivity contribution is 7.08. The fourth-order valence-corrected chi connectivity index (χ4v) is 3.66. The highest BCUT2D eigenvalue weighted by Gasteiger charge is 2.24. The maximum absolute atomic E-state index is 11.8. The molecule has 0 amide bonds. The average molecular weight is 379 g/mol. The molecule has 4 rings (SSSR count). The molecule has 4 aromatic rings. The molecule has 0 saturated carbocycles. The van der Waals surface area contributed by atoms with E-state index in [1.807, 2.05) is 42.1 Å². The van der Waals surface area contributed by atoms with Crippen LogP contribution in [0.4, 0.5) is 0 Å². The lowest BCUT2D eigenvalue weighted by molar-refractivity contribution is 0.0593. The van der Waals surface area contributed by atoms with E-state index in [9.17, 15) is 9.90 Å². The van der Waals surface area contributed by atoms with E-state index in [0.717, 1.165) is 16.6 Å². The summed E-state index contributed by atoms with van der Waals surface area (Å²) in [7, 11) is 1.30. The Labute approximate surface area is 159 Å². The molecule has 1 N–H and O–H groups in total. The summed E-state index contributed by atoms with van der Waals surface area (Å²) >= 11 is 1.57. The minimum Gasteiger partial charge on any atom is -0.464 e. The van der Waals surface area contributed by atoms with Crippen LogP contribution in [-0.4, -0.2) is 32.8 Å². The van der Waals surface area contributed by atoms with E-state index < -0.39 is 12.1 Å². The molecule has 0 fully saturated rings. The van der Waals surface area contributed by atoms with Crippen LogP contribution in [0.1, 0.15) is 33.4 Å². The summed E-state index contributed by atoms with van der Waals surface area (Å²) in [5, 5.41) is 19.8. The van der Waals surface area contributed by atoms with Crippen molar-refractivity contribution < 1.29 is 14.6 Å². The lowest BCUT2D eigenvalue weighted by Crippen LogP contribution is -2.09. The molecule has 1 unspecified atom stereocenters. The quantitative estimate of drug-likeness (QED) is 0.548. The van der Waals surface area contributed by atoms with Gasteiger partial charge in [0, 0.05) is 22.7 Å². The van der Waals surface area contributed by atoms with Crippen molar-refractivity contribution in [2.45, 2.75) is 13.0 Å². The Balaban J connectivity index is 1.90. The minimum absolute atomic E-state index is 0.151. The zero-order chi connectivity index (χ0) is 19.0. The minimum atomic E-state index is -1.04. The number of hydrogen-bond donors (Lipinski definition) is 1. The topological polar surface area (TPSA) is 76.7 Å². The molecule has 4 heterocycles. The van der Waals surface area contributed by atoms with Gasteiger partial charge < -0.3 is 9.84 Å². The normalized spacial score (nSPS) is 12.3. The van der Waals surface area contributed by atoms with Crippen molar-refractivity contribution in [1.82, 2.24) is 14.6 Å². The highest BCUT2D eigenvalue weighted by atomic mass is 32.1. The Hall–Kier alpha value is -3.03. The summed E-state index contributed by atoms with van der Waals surface area (Å²) in [5.41, 5.74) is 4.65. The van der Waals surface area contributed by atoms with Crippen molar-refractivity contribution in [2.75, 3.05) is 7.11 Å². The van der Waals surface area contributed by atoms with Gasteiger partial charge in [-0.25, -0.2) is 14.3 Å². The Morgan fingerprint density at radius 2 is 2.11 bits per heavy atom. The van der Waals surface area contributed by atoms with Crippen molar-refractivity contribution in [3.63, 3.8) is 0 Å². The van der Waals surface area contributed by atoms with Crippen LogP contribution in [-0.2, 0) is 4.74 Å².